The van der Waals surface area contributed by atoms with Crippen molar-refractivity contribution in [2.24, 2.45) is 0 Å². The molecule has 0 amide bonds. The van der Waals surface area contributed by atoms with Crippen molar-refractivity contribution in [1.29, 1.82) is 0 Å². The molecule has 3 atom stereocenters. The van der Waals surface area contributed by atoms with Crippen LogP contribution in [0.2, 0.25) is 0 Å². The molecular weight excluding hydrogens is 516 g/mol. The van der Waals surface area contributed by atoms with Crippen molar-refractivity contribution in [1.82, 2.24) is 0 Å². The van der Waals surface area contributed by atoms with E-state index in [9.17, 15) is 14.4 Å². The lowest BCUT2D eigenvalue weighted by Crippen LogP contribution is -2.25. The van der Waals surface area contributed by atoms with E-state index in [0.717, 1.165) is 23.6 Å². The first-order valence-corrected chi connectivity index (χ1v) is 13.2. The van der Waals surface area contributed by atoms with Gasteiger partial charge in [0.1, 0.15) is 43.9 Å². The Balaban J connectivity index is 2.45. The standard InChI is InChI=1S/C31H38O9/c1-7-21(38-28(32)10-4)18-35-26-17-27(36-19-22(8-2)39-29(33)11-5)31(25-16-14-13-15-24(25)26)37-20-23(9-3)40-30(34)12-6/h10-17,21-23H,4-9,18-20H2,1-3H3. The predicted octanol–water partition coefficient (Wildman–Crippen LogP) is 5.50. The van der Waals surface area contributed by atoms with Crippen LogP contribution in [-0.4, -0.2) is 56.0 Å². The van der Waals surface area contributed by atoms with Gasteiger partial charge in [-0.1, -0.05) is 64.8 Å². The first-order valence-electron chi connectivity index (χ1n) is 13.2. The summed E-state index contributed by atoms with van der Waals surface area (Å²) in [6, 6.07) is 9.10. The van der Waals surface area contributed by atoms with Gasteiger partial charge in [-0.05, 0) is 19.3 Å². The average molecular weight is 555 g/mol. The molecule has 0 fully saturated rings. The number of carbonyl (C=O) groups excluding carboxylic acids is 3. The first-order chi connectivity index (χ1) is 19.3. The molecule has 40 heavy (non-hydrogen) atoms. The van der Waals surface area contributed by atoms with Gasteiger partial charge in [-0.25, -0.2) is 14.4 Å². The molecule has 0 spiro atoms. The van der Waals surface area contributed by atoms with Gasteiger partial charge in [0.2, 0.25) is 0 Å². The second kappa shape index (κ2) is 16.6. The zero-order valence-electron chi connectivity index (χ0n) is 23.4. The highest BCUT2D eigenvalue weighted by Crippen LogP contribution is 2.42. The molecule has 0 bridgehead atoms. The van der Waals surface area contributed by atoms with Gasteiger partial charge in [0.15, 0.2) is 11.5 Å². The van der Waals surface area contributed by atoms with Crippen LogP contribution in [0.1, 0.15) is 40.0 Å². The lowest BCUT2D eigenvalue weighted by molar-refractivity contribution is -0.145. The third kappa shape index (κ3) is 9.48. The molecule has 2 aromatic carbocycles. The Kier molecular flexibility index (Phi) is 13.3. The van der Waals surface area contributed by atoms with E-state index in [-0.39, 0.29) is 19.8 Å². The Hall–Kier alpha value is -4.27. The number of carbonyl (C=O) groups is 3. The van der Waals surface area contributed by atoms with Crippen LogP contribution in [0.5, 0.6) is 17.2 Å². The highest BCUT2D eigenvalue weighted by molar-refractivity contribution is 5.95. The van der Waals surface area contributed by atoms with Gasteiger partial charge in [0, 0.05) is 35.1 Å². The van der Waals surface area contributed by atoms with E-state index < -0.39 is 36.2 Å². The maximum atomic E-state index is 11.8. The zero-order chi connectivity index (χ0) is 29.5. The fourth-order valence-electron chi connectivity index (χ4n) is 3.55. The third-order valence-corrected chi connectivity index (χ3v) is 5.90. The van der Waals surface area contributed by atoms with Crippen molar-refractivity contribution >= 4 is 28.7 Å². The Morgan fingerprint density at radius 3 is 1.48 bits per heavy atom. The fraction of sp³-hybridized carbons (Fsp3) is 0.387. The molecule has 0 heterocycles. The number of hydrogen-bond acceptors (Lipinski definition) is 9. The summed E-state index contributed by atoms with van der Waals surface area (Å²) in [5.74, 6) is -0.404. The number of hydrogen-bond donors (Lipinski definition) is 0. The molecule has 0 saturated heterocycles. The molecule has 2 rings (SSSR count). The van der Waals surface area contributed by atoms with Crippen molar-refractivity contribution < 1.29 is 42.8 Å². The Morgan fingerprint density at radius 1 is 0.650 bits per heavy atom. The maximum Gasteiger partial charge on any atom is 0.330 e. The smallest absolute Gasteiger partial charge is 0.330 e. The van der Waals surface area contributed by atoms with E-state index in [4.69, 9.17) is 28.4 Å². The summed E-state index contributed by atoms with van der Waals surface area (Å²) < 4.78 is 34.5. The molecular formula is C31H38O9. The van der Waals surface area contributed by atoms with Gasteiger partial charge < -0.3 is 28.4 Å². The van der Waals surface area contributed by atoms with Gasteiger partial charge in [-0.3, -0.25) is 0 Å². The molecule has 216 valence electrons. The monoisotopic (exact) mass is 554 g/mol. The summed E-state index contributed by atoms with van der Waals surface area (Å²) in [4.78, 5) is 35.2. The summed E-state index contributed by atoms with van der Waals surface area (Å²) in [5.41, 5.74) is 0. The van der Waals surface area contributed by atoms with Crippen LogP contribution in [0, 0.1) is 0 Å². The van der Waals surface area contributed by atoms with E-state index in [2.05, 4.69) is 19.7 Å². The summed E-state index contributed by atoms with van der Waals surface area (Å²) in [6.07, 6.45) is 3.33. The topological polar surface area (TPSA) is 107 Å². The SMILES string of the molecule is C=CC(=O)OC(CC)COc1cc(OCC(CC)OC(=O)C=C)c2ccccc2c1OCC(CC)OC(=O)C=C. The Bertz CT molecular complexity index is 1190. The number of ether oxygens (including phenoxy) is 6. The summed E-state index contributed by atoms with van der Waals surface area (Å²) in [7, 11) is 0. The van der Waals surface area contributed by atoms with Crippen LogP contribution in [0.4, 0.5) is 0 Å². The summed E-state index contributed by atoms with van der Waals surface area (Å²) in [6.45, 7) is 16.1. The van der Waals surface area contributed by atoms with Crippen molar-refractivity contribution in [3.05, 3.63) is 68.3 Å². The van der Waals surface area contributed by atoms with E-state index in [1.54, 1.807) is 6.07 Å². The molecule has 9 heteroatoms. The van der Waals surface area contributed by atoms with E-state index in [1.807, 2.05) is 45.0 Å². The molecule has 0 radical (unpaired) electrons. The molecule has 0 aliphatic carbocycles. The minimum absolute atomic E-state index is 0.0431. The van der Waals surface area contributed by atoms with Gasteiger partial charge in [-0.15, -0.1) is 0 Å². The lowest BCUT2D eigenvalue weighted by Gasteiger charge is -2.23. The molecule has 2 aromatic rings. The number of fused-ring (bicyclic) bond motifs is 1. The average Bonchev–Trinajstić information content (AvgIpc) is 2.98. The first kappa shape index (κ1) is 31.9. The molecule has 0 aromatic heterocycles. The molecule has 9 nitrogen and oxygen atoms in total. The largest absolute Gasteiger partial charge is 0.489 e. The second-order valence-electron chi connectivity index (χ2n) is 8.69. The lowest BCUT2D eigenvalue weighted by atomic mass is 10.1. The van der Waals surface area contributed by atoms with Crippen molar-refractivity contribution in [2.75, 3.05) is 19.8 Å². The fourth-order valence-corrected chi connectivity index (χ4v) is 3.55. The van der Waals surface area contributed by atoms with Crippen LogP contribution in [0.25, 0.3) is 10.8 Å². The van der Waals surface area contributed by atoms with Crippen molar-refractivity contribution in [3.63, 3.8) is 0 Å². The normalized spacial score (nSPS) is 12.8. The summed E-state index contributed by atoms with van der Waals surface area (Å²) >= 11 is 0. The van der Waals surface area contributed by atoms with Crippen molar-refractivity contribution in [3.8, 4) is 17.2 Å². The van der Waals surface area contributed by atoms with Gasteiger partial charge in [0.05, 0.1) is 0 Å². The number of benzene rings is 2. The predicted molar refractivity (Wildman–Crippen MR) is 152 cm³/mol. The zero-order valence-corrected chi connectivity index (χ0v) is 23.4. The van der Waals surface area contributed by atoms with Gasteiger partial charge in [0.25, 0.3) is 0 Å². The summed E-state index contributed by atoms with van der Waals surface area (Å²) in [5, 5.41) is 1.42. The number of esters is 3. The van der Waals surface area contributed by atoms with E-state index in [0.29, 0.717) is 41.9 Å². The van der Waals surface area contributed by atoms with Crippen LogP contribution < -0.4 is 14.2 Å². The minimum atomic E-state index is -0.552. The number of rotatable bonds is 18. The van der Waals surface area contributed by atoms with Crippen LogP contribution in [0.15, 0.2) is 68.3 Å². The van der Waals surface area contributed by atoms with E-state index in [1.165, 1.54) is 0 Å². The molecule has 0 aliphatic rings. The quantitative estimate of drug-likeness (QED) is 0.134. The minimum Gasteiger partial charge on any atom is -0.489 e. The van der Waals surface area contributed by atoms with Gasteiger partial charge in [-0.2, -0.15) is 0 Å². The molecule has 0 aliphatic heterocycles. The third-order valence-electron chi connectivity index (χ3n) is 5.90. The maximum absolute atomic E-state index is 11.8. The highest BCUT2D eigenvalue weighted by Gasteiger charge is 2.21. The Morgan fingerprint density at radius 2 is 1.05 bits per heavy atom. The van der Waals surface area contributed by atoms with E-state index >= 15 is 0 Å². The van der Waals surface area contributed by atoms with Crippen molar-refractivity contribution in [2.45, 2.75) is 58.3 Å². The molecule has 3 unspecified atom stereocenters. The Labute approximate surface area is 235 Å². The van der Waals surface area contributed by atoms with Gasteiger partial charge >= 0.3 is 17.9 Å². The second-order valence-corrected chi connectivity index (χ2v) is 8.69. The van der Waals surface area contributed by atoms with Crippen LogP contribution in [0.3, 0.4) is 0 Å². The molecule has 0 N–H and O–H groups in total. The van der Waals surface area contributed by atoms with Crippen LogP contribution in [-0.2, 0) is 28.6 Å². The highest BCUT2D eigenvalue weighted by atomic mass is 16.6. The molecule has 0 saturated carbocycles. The van der Waals surface area contributed by atoms with Crippen LogP contribution >= 0.6 is 0 Å².